The minimum absolute atomic E-state index is 0.0547. The topological polar surface area (TPSA) is 74.3 Å². The number of thiophene rings is 1. The summed E-state index contributed by atoms with van der Waals surface area (Å²) in [4.78, 5) is 32.1. The molecular weight excluding hydrogens is 320 g/mol. The molecule has 0 spiro atoms. The fourth-order valence-corrected chi connectivity index (χ4v) is 3.94. The normalized spacial score (nSPS) is 14.4. The molecule has 2 N–H and O–H groups in total. The second-order valence-corrected chi connectivity index (χ2v) is 7.12. The summed E-state index contributed by atoms with van der Waals surface area (Å²) in [5.74, 6) is -0.491. The molecule has 1 aliphatic heterocycles. The summed E-state index contributed by atoms with van der Waals surface area (Å²) in [6.07, 6.45) is 0.910. The summed E-state index contributed by atoms with van der Waals surface area (Å²) in [5, 5.41) is 7.79. The van der Waals surface area contributed by atoms with Crippen LogP contribution in [0.25, 0.3) is 0 Å². The molecule has 0 saturated heterocycles. The Balaban J connectivity index is 1.53. The molecule has 3 rings (SSSR count). The first-order chi connectivity index (χ1) is 10.6. The Hall–Kier alpha value is -1.77. The Kier molecular flexibility index (Phi) is 4.51. The van der Waals surface area contributed by atoms with Crippen LogP contribution in [-0.4, -0.2) is 41.8 Å². The molecule has 8 heteroatoms. The standard InChI is InChI=1S/C14H16N4O2S2/c1-18-5-4-9-11(8-18)22-14(16-9)17-12(19)7-15-13(20)10-3-2-6-21-10/h2-3,6H,4-5,7-8H2,1H3,(H,15,20)(H,16,17,19). The van der Waals surface area contributed by atoms with Gasteiger partial charge in [0.2, 0.25) is 5.91 Å². The molecule has 0 fully saturated rings. The van der Waals surface area contributed by atoms with Gasteiger partial charge in [0.25, 0.3) is 5.91 Å². The number of anilines is 1. The van der Waals surface area contributed by atoms with Gasteiger partial charge >= 0.3 is 0 Å². The van der Waals surface area contributed by atoms with Gasteiger partial charge in [-0.25, -0.2) is 4.98 Å². The molecule has 0 aromatic carbocycles. The van der Waals surface area contributed by atoms with Crippen molar-refractivity contribution in [1.29, 1.82) is 0 Å². The van der Waals surface area contributed by atoms with Crippen molar-refractivity contribution in [3.63, 3.8) is 0 Å². The Bertz CT molecular complexity index is 681. The van der Waals surface area contributed by atoms with E-state index in [4.69, 9.17) is 0 Å². The van der Waals surface area contributed by atoms with Gasteiger partial charge < -0.3 is 15.5 Å². The number of rotatable bonds is 4. The highest BCUT2D eigenvalue weighted by atomic mass is 32.1. The average Bonchev–Trinajstić information content (AvgIpc) is 3.13. The van der Waals surface area contributed by atoms with Crippen molar-refractivity contribution in [1.82, 2.24) is 15.2 Å². The van der Waals surface area contributed by atoms with E-state index in [2.05, 4.69) is 27.6 Å². The molecule has 0 aliphatic carbocycles. The van der Waals surface area contributed by atoms with Crippen molar-refractivity contribution >= 4 is 39.6 Å². The zero-order valence-electron chi connectivity index (χ0n) is 12.1. The minimum atomic E-state index is -0.260. The number of nitrogens with one attached hydrogen (secondary N) is 2. The Morgan fingerprint density at radius 2 is 2.32 bits per heavy atom. The number of fused-ring (bicyclic) bond motifs is 1. The first-order valence-corrected chi connectivity index (χ1v) is 8.60. The Morgan fingerprint density at radius 3 is 3.09 bits per heavy atom. The van der Waals surface area contributed by atoms with Gasteiger partial charge in [-0.05, 0) is 18.5 Å². The molecule has 0 radical (unpaired) electrons. The summed E-state index contributed by atoms with van der Waals surface area (Å²) >= 11 is 2.85. The van der Waals surface area contributed by atoms with E-state index in [1.807, 2.05) is 5.38 Å². The zero-order chi connectivity index (χ0) is 15.5. The van der Waals surface area contributed by atoms with E-state index in [1.165, 1.54) is 27.6 Å². The molecule has 2 aromatic heterocycles. The number of hydrogen-bond donors (Lipinski definition) is 2. The smallest absolute Gasteiger partial charge is 0.261 e. The Morgan fingerprint density at radius 1 is 1.45 bits per heavy atom. The number of carbonyl (C=O) groups is 2. The highest BCUT2D eigenvalue weighted by Crippen LogP contribution is 2.27. The quantitative estimate of drug-likeness (QED) is 0.889. The van der Waals surface area contributed by atoms with Crippen LogP contribution in [0.15, 0.2) is 17.5 Å². The summed E-state index contributed by atoms with van der Waals surface area (Å²) in [6, 6.07) is 3.53. The van der Waals surface area contributed by atoms with Gasteiger partial charge in [-0.2, -0.15) is 0 Å². The number of thiazole rings is 1. The van der Waals surface area contributed by atoms with E-state index < -0.39 is 0 Å². The maximum atomic E-state index is 11.9. The van der Waals surface area contributed by atoms with E-state index in [9.17, 15) is 9.59 Å². The number of aromatic nitrogens is 1. The molecule has 22 heavy (non-hydrogen) atoms. The summed E-state index contributed by atoms with van der Waals surface area (Å²) in [7, 11) is 2.07. The number of nitrogens with zero attached hydrogens (tertiary/aromatic N) is 2. The minimum Gasteiger partial charge on any atom is -0.342 e. The van der Waals surface area contributed by atoms with Crippen LogP contribution < -0.4 is 10.6 Å². The van der Waals surface area contributed by atoms with Crippen molar-refractivity contribution < 1.29 is 9.59 Å². The number of hydrogen-bond acceptors (Lipinski definition) is 6. The lowest BCUT2D eigenvalue weighted by atomic mass is 10.2. The molecular formula is C14H16N4O2S2. The highest BCUT2D eigenvalue weighted by Gasteiger charge is 2.19. The summed E-state index contributed by atoms with van der Waals surface area (Å²) in [5.41, 5.74) is 1.07. The lowest BCUT2D eigenvalue weighted by Gasteiger charge is -2.20. The monoisotopic (exact) mass is 336 g/mol. The molecule has 2 amide bonds. The molecule has 0 atom stereocenters. The van der Waals surface area contributed by atoms with Gasteiger partial charge in [-0.1, -0.05) is 6.07 Å². The first-order valence-electron chi connectivity index (χ1n) is 6.90. The number of likely N-dealkylation sites (N-methyl/N-ethyl adjacent to an activating group) is 1. The second-order valence-electron chi connectivity index (χ2n) is 5.08. The van der Waals surface area contributed by atoms with Crippen molar-refractivity contribution in [2.24, 2.45) is 0 Å². The van der Waals surface area contributed by atoms with Crippen LogP contribution in [0.1, 0.15) is 20.2 Å². The van der Waals surface area contributed by atoms with Crippen LogP contribution in [0, 0.1) is 0 Å². The maximum Gasteiger partial charge on any atom is 0.261 e. The fourth-order valence-electron chi connectivity index (χ4n) is 2.20. The highest BCUT2D eigenvalue weighted by molar-refractivity contribution is 7.15. The largest absolute Gasteiger partial charge is 0.342 e. The first kappa shape index (κ1) is 15.1. The third-order valence-electron chi connectivity index (χ3n) is 3.32. The van der Waals surface area contributed by atoms with Crippen molar-refractivity contribution in [2.75, 3.05) is 25.5 Å². The van der Waals surface area contributed by atoms with Crippen LogP contribution in [-0.2, 0) is 17.8 Å². The molecule has 116 valence electrons. The van der Waals surface area contributed by atoms with E-state index in [1.54, 1.807) is 12.1 Å². The predicted octanol–water partition coefficient (Wildman–Crippen LogP) is 1.56. The van der Waals surface area contributed by atoms with Crippen molar-refractivity contribution in [3.8, 4) is 0 Å². The van der Waals surface area contributed by atoms with Crippen LogP contribution >= 0.6 is 22.7 Å². The lowest BCUT2D eigenvalue weighted by Crippen LogP contribution is -2.32. The molecule has 0 saturated carbocycles. The molecule has 1 aliphatic rings. The summed E-state index contributed by atoms with van der Waals surface area (Å²) in [6.45, 7) is 1.81. The fraction of sp³-hybridized carbons (Fsp3) is 0.357. The van der Waals surface area contributed by atoms with E-state index in [-0.39, 0.29) is 18.4 Å². The average molecular weight is 336 g/mol. The molecule has 2 aromatic rings. The van der Waals surface area contributed by atoms with Crippen molar-refractivity contribution in [2.45, 2.75) is 13.0 Å². The third kappa shape index (κ3) is 3.52. The van der Waals surface area contributed by atoms with Gasteiger partial charge in [0.1, 0.15) is 0 Å². The SMILES string of the molecule is CN1CCc2nc(NC(=O)CNC(=O)c3cccs3)sc2C1. The van der Waals surface area contributed by atoms with Crippen LogP contribution in [0.3, 0.4) is 0 Å². The number of amides is 2. The molecule has 0 bridgehead atoms. The maximum absolute atomic E-state index is 11.9. The molecule has 6 nitrogen and oxygen atoms in total. The number of carbonyl (C=O) groups excluding carboxylic acids is 2. The van der Waals surface area contributed by atoms with E-state index in [0.29, 0.717) is 10.0 Å². The molecule has 3 heterocycles. The van der Waals surface area contributed by atoms with Crippen LogP contribution in [0.2, 0.25) is 0 Å². The zero-order valence-corrected chi connectivity index (χ0v) is 13.7. The van der Waals surface area contributed by atoms with Gasteiger partial charge in [-0.15, -0.1) is 22.7 Å². The predicted molar refractivity (Wildman–Crippen MR) is 87.4 cm³/mol. The van der Waals surface area contributed by atoms with Crippen molar-refractivity contribution in [3.05, 3.63) is 33.0 Å². The van der Waals surface area contributed by atoms with Gasteiger partial charge in [0.15, 0.2) is 5.13 Å². The van der Waals surface area contributed by atoms with Gasteiger partial charge in [0.05, 0.1) is 17.1 Å². The Labute approximate surface area is 136 Å². The van der Waals surface area contributed by atoms with E-state index >= 15 is 0 Å². The lowest BCUT2D eigenvalue weighted by molar-refractivity contribution is -0.115. The molecule has 0 unspecified atom stereocenters. The van der Waals surface area contributed by atoms with Crippen LogP contribution in [0.5, 0.6) is 0 Å². The summed E-state index contributed by atoms with van der Waals surface area (Å²) < 4.78 is 0. The van der Waals surface area contributed by atoms with Crippen LogP contribution in [0.4, 0.5) is 5.13 Å². The van der Waals surface area contributed by atoms with E-state index in [0.717, 1.165) is 25.2 Å². The third-order valence-corrected chi connectivity index (χ3v) is 5.19. The van der Waals surface area contributed by atoms with Gasteiger partial charge in [-0.3, -0.25) is 9.59 Å². The second kappa shape index (κ2) is 6.55. The van der Waals surface area contributed by atoms with Gasteiger partial charge in [0, 0.05) is 24.4 Å².